The Morgan fingerprint density at radius 2 is 1.89 bits per heavy atom. The molecule has 1 saturated heterocycles. The van der Waals surface area contributed by atoms with E-state index in [1.807, 2.05) is 4.90 Å². The van der Waals surface area contributed by atoms with Crippen molar-refractivity contribution in [1.29, 1.82) is 0 Å². The van der Waals surface area contributed by atoms with Crippen molar-refractivity contribution >= 4 is 24.3 Å². The molecule has 2 aliphatic rings. The standard InChI is InChI=1S/C19H23N5O3.ClH/c1-27-19(26)15-4-2-3-14(11-15)18(25)23-8-5-13(6-9-23)17-22-21-16-12-20-7-10-24(16)17;/h2-4,11,13,20H,5-10,12H2,1H3;1H. The molecule has 3 heterocycles. The van der Waals surface area contributed by atoms with Gasteiger partial charge in [-0.1, -0.05) is 6.07 Å². The molecule has 9 heteroatoms. The summed E-state index contributed by atoms with van der Waals surface area (Å²) < 4.78 is 6.95. The SMILES string of the molecule is COC(=O)c1cccc(C(=O)N2CCC(c3nnc4n3CCNC4)CC2)c1.Cl. The van der Waals surface area contributed by atoms with Crippen LogP contribution in [0, 0.1) is 0 Å². The van der Waals surface area contributed by atoms with Gasteiger partial charge in [0.15, 0.2) is 0 Å². The highest BCUT2D eigenvalue weighted by Gasteiger charge is 2.29. The summed E-state index contributed by atoms with van der Waals surface area (Å²) in [5.74, 6) is 1.89. The number of methoxy groups -OCH3 is 1. The first-order valence-electron chi connectivity index (χ1n) is 9.27. The first-order valence-corrected chi connectivity index (χ1v) is 9.27. The van der Waals surface area contributed by atoms with Gasteiger partial charge in [0.05, 0.1) is 19.2 Å². The molecule has 0 spiro atoms. The zero-order valence-corrected chi connectivity index (χ0v) is 16.6. The molecule has 28 heavy (non-hydrogen) atoms. The quantitative estimate of drug-likeness (QED) is 0.780. The van der Waals surface area contributed by atoms with Crippen molar-refractivity contribution in [3.05, 3.63) is 47.0 Å². The van der Waals surface area contributed by atoms with E-state index in [4.69, 9.17) is 4.74 Å². The van der Waals surface area contributed by atoms with Crippen molar-refractivity contribution in [3.63, 3.8) is 0 Å². The van der Waals surface area contributed by atoms with E-state index < -0.39 is 5.97 Å². The number of aromatic nitrogens is 3. The molecule has 0 bridgehead atoms. The summed E-state index contributed by atoms with van der Waals surface area (Å²) in [6.45, 7) is 3.95. The van der Waals surface area contributed by atoms with Gasteiger partial charge in [-0.25, -0.2) is 4.79 Å². The minimum atomic E-state index is -0.436. The predicted molar refractivity (Wildman–Crippen MR) is 105 cm³/mol. The van der Waals surface area contributed by atoms with Gasteiger partial charge >= 0.3 is 5.97 Å². The molecule has 4 rings (SSSR count). The molecule has 0 radical (unpaired) electrons. The first kappa shape index (κ1) is 20.3. The molecule has 2 aliphatic heterocycles. The lowest BCUT2D eigenvalue weighted by molar-refractivity contribution is 0.0600. The lowest BCUT2D eigenvalue weighted by Gasteiger charge is -2.32. The van der Waals surface area contributed by atoms with E-state index in [9.17, 15) is 9.59 Å². The maximum Gasteiger partial charge on any atom is 0.337 e. The van der Waals surface area contributed by atoms with E-state index in [0.717, 1.165) is 44.1 Å². The van der Waals surface area contributed by atoms with Crippen LogP contribution in [-0.4, -0.2) is 58.3 Å². The summed E-state index contributed by atoms with van der Waals surface area (Å²) >= 11 is 0. The Morgan fingerprint density at radius 1 is 1.14 bits per heavy atom. The molecule has 1 amide bonds. The molecule has 2 aromatic rings. The molecule has 0 saturated carbocycles. The van der Waals surface area contributed by atoms with Gasteiger partial charge in [0.25, 0.3) is 5.91 Å². The van der Waals surface area contributed by atoms with Crippen molar-refractivity contribution < 1.29 is 14.3 Å². The Kier molecular flexibility index (Phi) is 6.31. The van der Waals surface area contributed by atoms with Crippen LogP contribution < -0.4 is 5.32 Å². The molecular weight excluding hydrogens is 382 g/mol. The number of ether oxygens (including phenoxy) is 1. The number of likely N-dealkylation sites (tertiary alicyclic amines) is 1. The first-order chi connectivity index (χ1) is 13.2. The van der Waals surface area contributed by atoms with Crippen LogP contribution in [0.25, 0.3) is 0 Å². The Bertz CT molecular complexity index is 861. The molecule has 0 atom stereocenters. The van der Waals surface area contributed by atoms with E-state index >= 15 is 0 Å². The van der Waals surface area contributed by atoms with Crippen LogP contribution in [0.2, 0.25) is 0 Å². The number of fused-ring (bicyclic) bond motifs is 1. The van der Waals surface area contributed by atoms with Crippen LogP contribution >= 0.6 is 12.4 Å². The molecule has 1 aromatic heterocycles. The number of hydrogen-bond donors (Lipinski definition) is 1. The van der Waals surface area contributed by atoms with Crippen LogP contribution in [0.15, 0.2) is 24.3 Å². The van der Waals surface area contributed by atoms with E-state index in [0.29, 0.717) is 30.1 Å². The number of esters is 1. The second-order valence-electron chi connectivity index (χ2n) is 6.94. The zero-order chi connectivity index (χ0) is 18.8. The average Bonchev–Trinajstić information content (AvgIpc) is 3.17. The van der Waals surface area contributed by atoms with Crippen LogP contribution in [0.3, 0.4) is 0 Å². The van der Waals surface area contributed by atoms with Gasteiger partial charge in [0.1, 0.15) is 11.6 Å². The van der Waals surface area contributed by atoms with Gasteiger partial charge in [-0.3, -0.25) is 4.79 Å². The minimum absolute atomic E-state index is 0. The summed E-state index contributed by atoms with van der Waals surface area (Å²) in [6.07, 6.45) is 1.74. The summed E-state index contributed by atoms with van der Waals surface area (Å²) in [5, 5.41) is 12.0. The highest BCUT2D eigenvalue weighted by Crippen LogP contribution is 2.28. The van der Waals surface area contributed by atoms with Crippen molar-refractivity contribution in [2.75, 3.05) is 26.7 Å². The zero-order valence-electron chi connectivity index (χ0n) is 15.8. The molecule has 1 fully saturated rings. The number of nitrogens with zero attached hydrogens (tertiary/aromatic N) is 4. The Hall–Kier alpha value is -2.45. The molecule has 150 valence electrons. The highest BCUT2D eigenvalue weighted by atomic mass is 35.5. The number of halogens is 1. The predicted octanol–water partition coefficient (Wildman–Crippen LogP) is 1.61. The number of carbonyl (C=O) groups is 2. The van der Waals surface area contributed by atoms with Crippen LogP contribution in [-0.2, 0) is 17.8 Å². The second kappa shape index (κ2) is 8.70. The van der Waals surface area contributed by atoms with Gasteiger partial charge in [0, 0.05) is 37.7 Å². The molecule has 1 N–H and O–H groups in total. The van der Waals surface area contributed by atoms with Gasteiger partial charge in [-0.15, -0.1) is 22.6 Å². The van der Waals surface area contributed by atoms with Crippen molar-refractivity contribution in [3.8, 4) is 0 Å². The highest BCUT2D eigenvalue weighted by molar-refractivity contribution is 5.98. The Morgan fingerprint density at radius 3 is 2.64 bits per heavy atom. The Balaban J connectivity index is 0.00000225. The topological polar surface area (TPSA) is 89.4 Å². The third-order valence-corrected chi connectivity index (χ3v) is 5.33. The average molecular weight is 406 g/mol. The summed E-state index contributed by atoms with van der Waals surface area (Å²) in [4.78, 5) is 26.4. The van der Waals surface area contributed by atoms with Crippen molar-refractivity contribution in [2.24, 2.45) is 0 Å². The van der Waals surface area contributed by atoms with E-state index in [-0.39, 0.29) is 18.3 Å². The molecule has 0 aliphatic carbocycles. The summed E-state index contributed by atoms with van der Waals surface area (Å²) in [6, 6.07) is 6.70. The van der Waals surface area contributed by atoms with E-state index in [1.54, 1.807) is 24.3 Å². The monoisotopic (exact) mass is 405 g/mol. The van der Waals surface area contributed by atoms with Gasteiger partial charge in [-0.05, 0) is 31.0 Å². The van der Waals surface area contributed by atoms with Gasteiger partial charge < -0.3 is 19.5 Å². The smallest absolute Gasteiger partial charge is 0.337 e. The van der Waals surface area contributed by atoms with Crippen LogP contribution in [0.5, 0.6) is 0 Å². The number of carbonyl (C=O) groups excluding carboxylic acids is 2. The van der Waals surface area contributed by atoms with Gasteiger partial charge in [-0.2, -0.15) is 0 Å². The maximum absolute atomic E-state index is 12.8. The summed E-state index contributed by atoms with van der Waals surface area (Å²) in [7, 11) is 1.33. The lowest BCUT2D eigenvalue weighted by atomic mass is 9.95. The normalized spacial score (nSPS) is 16.8. The molecular formula is C19H24ClN5O3. The molecule has 1 aromatic carbocycles. The third kappa shape index (κ3) is 3.88. The fourth-order valence-corrected chi connectivity index (χ4v) is 3.84. The number of rotatable bonds is 3. The van der Waals surface area contributed by atoms with Gasteiger partial charge in [0.2, 0.25) is 0 Å². The number of piperidine rings is 1. The van der Waals surface area contributed by atoms with Crippen LogP contribution in [0.1, 0.15) is 51.1 Å². The fraction of sp³-hybridized carbons (Fsp3) is 0.474. The fourth-order valence-electron chi connectivity index (χ4n) is 3.84. The van der Waals surface area contributed by atoms with E-state index in [1.165, 1.54) is 7.11 Å². The van der Waals surface area contributed by atoms with E-state index in [2.05, 4.69) is 20.1 Å². The van der Waals surface area contributed by atoms with Crippen LogP contribution in [0.4, 0.5) is 0 Å². The molecule has 8 nitrogen and oxygen atoms in total. The largest absolute Gasteiger partial charge is 0.465 e. The number of nitrogens with one attached hydrogen (secondary N) is 1. The van der Waals surface area contributed by atoms with Crippen molar-refractivity contribution in [2.45, 2.75) is 31.8 Å². The number of amides is 1. The lowest BCUT2D eigenvalue weighted by Crippen LogP contribution is -2.39. The second-order valence-corrected chi connectivity index (χ2v) is 6.94. The Labute approximate surface area is 169 Å². The minimum Gasteiger partial charge on any atom is -0.465 e. The molecule has 0 unspecified atom stereocenters. The van der Waals surface area contributed by atoms with Crippen molar-refractivity contribution in [1.82, 2.24) is 25.0 Å². The number of hydrogen-bond acceptors (Lipinski definition) is 6. The maximum atomic E-state index is 12.8. The number of benzene rings is 1. The summed E-state index contributed by atoms with van der Waals surface area (Å²) in [5.41, 5.74) is 0.907. The third-order valence-electron chi connectivity index (χ3n) is 5.33.